The molecule has 2 aliphatic rings. The highest BCUT2D eigenvalue weighted by Crippen LogP contribution is 2.34. The number of benzene rings is 2. The van der Waals surface area contributed by atoms with E-state index in [2.05, 4.69) is 20.7 Å². The molecule has 4 aromatic rings. The Hall–Kier alpha value is -4.87. The molecule has 224 valence electrons. The number of aromatic nitrogens is 4. The van der Waals surface area contributed by atoms with Crippen LogP contribution >= 0.6 is 0 Å². The number of aryl methyl sites for hydroxylation is 1. The number of amides is 2. The molecular weight excluding hydrogens is 550 g/mol. The molecule has 2 aromatic carbocycles. The first kappa shape index (κ1) is 28.3. The summed E-state index contributed by atoms with van der Waals surface area (Å²) in [5.74, 6) is 2.12. The lowest BCUT2D eigenvalue weighted by molar-refractivity contribution is -0.142. The van der Waals surface area contributed by atoms with Gasteiger partial charge in [0, 0.05) is 32.4 Å². The maximum Gasteiger partial charge on any atom is 0.247 e. The van der Waals surface area contributed by atoms with E-state index in [1.54, 1.807) is 11.0 Å². The third-order valence-corrected chi connectivity index (χ3v) is 7.79. The van der Waals surface area contributed by atoms with Crippen LogP contribution in [-0.4, -0.2) is 63.9 Å². The fourth-order valence-electron chi connectivity index (χ4n) is 5.51. The van der Waals surface area contributed by atoms with Crippen molar-refractivity contribution in [2.45, 2.75) is 57.8 Å². The van der Waals surface area contributed by atoms with Gasteiger partial charge >= 0.3 is 0 Å². The molecule has 0 bridgehead atoms. The second-order valence-electron chi connectivity index (χ2n) is 11.1. The summed E-state index contributed by atoms with van der Waals surface area (Å²) >= 11 is 0. The van der Waals surface area contributed by atoms with Gasteiger partial charge in [0.25, 0.3) is 0 Å². The number of hydrogen-bond acceptors (Lipinski definition) is 9. The summed E-state index contributed by atoms with van der Waals surface area (Å²) in [4.78, 5) is 33.0. The van der Waals surface area contributed by atoms with Crippen LogP contribution in [0, 0.1) is 6.92 Å². The fraction of sp³-hybridized carbons (Fsp3) is 0.387. The molecule has 3 heterocycles. The molecular formula is C31H35N7O5. The molecule has 1 aliphatic carbocycles. The predicted molar refractivity (Wildman–Crippen MR) is 157 cm³/mol. The lowest BCUT2D eigenvalue weighted by atomic mass is 10.0. The lowest BCUT2D eigenvalue weighted by Gasteiger charge is -2.32. The maximum absolute atomic E-state index is 14.2. The third kappa shape index (κ3) is 6.32. The van der Waals surface area contributed by atoms with Crippen molar-refractivity contribution in [3.8, 4) is 23.1 Å². The Labute approximate surface area is 249 Å². The minimum Gasteiger partial charge on any atom is -0.458 e. The fourth-order valence-corrected chi connectivity index (χ4v) is 5.51. The number of anilines is 1. The van der Waals surface area contributed by atoms with Crippen LogP contribution in [0.5, 0.6) is 11.5 Å². The maximum atomic E-state index is 14.2. The standard InChI is InChI=1S/C31H35N7O5/c1-20-8-14-26(43-20)30-33-35-38(34-30)18-28(39)37(17-21-9-15-25-27(16-21)42-19-41-25)29(31(40)32-23-6-4-5-7-23)22-10-12-24(13-11-22)36(2)3/h8-16,23,29H,4-7,17-19H2,1-3H3,(H,32,40). The van der Waals surface area contributed by atoms with Crippen LogP contribution in [0.25, 0.3) is 11.6 Å². The smallest absolute Gasteiger partial charge is 0.247 e. The first-order valence-electron chi connectivity index (χ1n) is 14.4. The van der Waals surface area contributed by atoms with Gasteiger partial charge in [0.15, 0.2) is 17.3 Å². The van der Waals surface area contributed by atoms with Crippen molar-refractivity contribution in [2.24, 2.45) is 0 Å². The Bertz CT molecular complexity index is 1590. The molecule has 12 heteroatoms. The summed E-state index contributed by atoms with van der Waals surface area (Å²) in [6.45, 7) is 1.89. The quantitative estimate of drug-likeness (QED) is 0.295. The predicted octanol–water partition coefficient (Wildman–Crippen LogP) is 3.87. The molecule has 1 unspecified atom stereocenters. The average Bonchev–Trinajstić information content (AvgIpc) is 3.81. The van der Waals surface area contributed by atoms with Gasteiger partial charge < -0.3 is 29.0 Å². The van der Waals surface area contributed by atoms with Crippen molar-refractivity contribution in [2.75, 3.05) is 25.8 Å². The SMILES string of the molecule is Cc1ccc(-c2nnn(CC(=O)N(Cc3ccc4c(c3)OCO4)C(C(=O)NC3CCCC3)c3ccc(N(C)C)cc3)n2)o1. The van der Waals surface area contributed by atoms with Crippen LogP contribution in [0.2, 0.25) is 0 Å². The van der Waals surface area contributed by atoms with Gasteiger partial charge in [-0.2, -0.15) is 4.80 Å². The largest absolute Gasteiger partial charge is 0.458 e. The number of ether oxygens (including phenoxy) is 2. The molecule has 0 radical (unpaired) electrons. The summed E-state index contributed by atoms with van der Waals surface area (Å²) in [6.07, 6.45) is 3.99. The molecule has 43 heavy (non-hydrogen) atoms. The summed E-state index contributed by atoms with van der Waals surface area (Å²) in [6, 6.07) is 16.0. The number of rotatable bonds is 10. The molecule has 1 atom stereocenters. The zero-order valence-corrected chi connectivity index (χ0v) is 24.5. The number of furan rings is 1. The number of carbonyl (C=O) groups is 2. The van der Waals surface area contributed by atoms with Crippen molar-refractivity contribution in [3.63, 3.8) is 0 Å². The third-order valence-electron chi connectivity index (χ3n) is 7.79. The van der Waals surface area contributed by atoms with E-state index in [0.29, 0.717) is 28.6 Å². The van der Waals surface area contributed by atoms with Crippen molar-refractivity contribution in [3.05, 3.63) is 71.5 Å². The molecule has 1 aliphatic heterocycles. The highest BCUT2D eigenvalue weighted by molar-refractivity contribution is 5.89. The number of tetrazole rings is 1. The second kappa shape index (κ2) is 12.2. The van der Waals surface area contributed by atoms with Crippen LogP contribution in [-0.2, 0) is 22.7 Å². The number of fused-ring (bicyclic) bond motifs is 1. The van der Waals surface area contributed by atoms with Crippen molar-refractivity contribution in [1.29, 1.82) is 0 Å². The molecule has 12 nitrogen and oxygen atoms in total. The summed E-state index contributed by atoms with van der Waals surface area (Å²) < 4.78 is 16.7. The topological polar surface area (TPSA) is 128 Å². The Balaban J connectivity index is 1.34. The number of hydrogen-bond donors (Lipinski definition) is 1. The van der Waals surface area contributed by atoms with E-state index >= 15 is 0 Å². The van der Waals surface area contributed by atoms with Gasteiger partial charge in [0.1, 0.15) is 18.3 Å². The lowest BCUT2D eigenvalue weighted by Crippen LogP contribution is -2.46. The first-order chi connectivity index (χ1) is 20.8. The highest BCUT2D eigenvalue weighted by atomic mass is 16.7. The summed E-state index contributed by atoms with van der Waals surface area (Å²) in [7, 11) is 3.91. The highest BCUT2D eigenvalue weighted by Gasteiger charge is 2.34. The van der Waals surface area contributed by atoms with E-state index < -0.39 is 6.04 Å². The average molecular weight is 586 g/mol. The van der Waals surface area contributed by atoms with Crippen LogP contribution in [0.15, 0.2) is 59.0 Å². The van der Waals surface area contributed by atoms with Gasteiger partial charge in [-0.1, -0.05) is 31.0 Å². The molecule has 2 amide bonds. The number of carbonyl (C=O) groups excluding carboxylic acids is 2. The molecule has 1 fully saturated rings. The number of nitrogens with zero attached hydrogens (tertiary/aromatic N) is 6. The van der Waals surface area contributed by atoms with E-state index in [4.69, 9.17) is 13.9 Å². The van der Waals surface area contributed by atoms with E-state index in [1.807, 2.05) is 74.4 Å². The van der Waals surface area contributed by atoms with Crippen LogP contribution < -0.4 is 19.7 Å². The van der Waals surface area contributed by atoms with E-state index in [9.17, 15) is 9.59 Å². The summed E-state index contributed by atoms with van der Waals surface area (Å²) in [5.41, 5.74) is 2.48. The molecule has 0 saturated heterocycles. The van der Waals surface area contributed by atoms with Crippen LogP contribution in [0.3, 0.4) is 0 Å². The number of nitrogens with one attached hydrogen (secondary N) is 1. The van der Waals surface area contributed by atoms with Gasteiger partial charge in [-0.15, -0.1) is 10.2 Å². The normalized spacial score (nSPS) is 15.0. The Morgan fingerprint density at radius 2 is 1.79 bits per heavy atom. The van der Waals surface area contributed by atoms with Gasteiger partial charge in [0.05, 0.1) is 0 Å². The van der Waals surface area contributed by atoms with Crippen molar-refractivity contribution in [1.82, 2.24) is 30.4 Å². The zero-order valence-electron chi connectivity index (χ0n) is 24.5. The van der Waals surface area contributed by atoms with E-state index in [-0.39, 0.29) is 43.6 Å². The Kier molecular flexibility index (Phi) is 7.99. The van der Waals surface area contributed by atoms with Crippen molar-refractivity contribution >= 4 is 17.5 Å². The zero-order chi connectivity index (χ0) is 29.9. The van der Waals surface area contributed by atoms with Gasteiger partial charge in [-0.05, 0) is 72.5 Å². The first-order valence-corrected chi connectivity index (χ1v) is 14.4. The second-order valence-corrected chi connectivity index (χ2v) is 11.1. The molecule has 0 spiro atoms. The Morgan fingerprint density at radius 1 is 1.02 bits per heavy atom. The molecule has 1 saturated carbocycles. The van der Waals surface area contributed by atoms with Gasteiger partial charge in [-0.3, -0.25) is 9.59 Å². The minimum absolute atomic E-state index is 0.0786. The van der Waals surface area contributed by atoms with E-state index in [0.717, 1.165) is 36.9 Å². The Morgan fingerprint density at radius 3 is 2.51 bits per heavy atom. The molecule has 2 aromatic heterocycles. The molecule has 6 rings (SSSR count). The van der Waals surface area contributed by atoms with Crippen LogP contribution in [0.1, 0.15) is 48.6 Å². The van der Waals surface area contributed by atoms with Gasteiger partial charge in [0.2, 0.25) is 24.4 Å². The van der Waals surface area contributed by atoms with E-state index in [1.165, 1.54) is 4.80 Å². The summed E-state index contributed by atoms with van der Waals surface area (Å²) in [5, 5.41) is 15.8. The van der Waals surface area contributed by atoms with Gasteiger partial charge in [-0.25, -0.2) is 0 Å². The molecule has 1 N–H and O–H groups in total. The van der Waals surface area contributed by atoms with Crippen molar-refractivity contribution < 1.29 is 23.5 Å². The minimum atomic E-state index is -0.898. The monoisotopic (exact) mass is 585 g/mol. The van der Waals surface area contributed by atoms with Crippen LogP contribution in [0.4, 0.5) is 5.69 Å².